The molecule has 114 valence electrons. The number of amides is 1. The Balaban J connectivity index is 1.51. The molecule has 4 rings (SSSR count). The van der Waals surface area contributed by atoms with Crippen molar-refractivity contribution in [3.63, 3.8) is 0 Å². The Morgan fingerprint density at radius 3 is 2.64 bits per heavy atom. The molecule has 1 aliphatic carbocycles. The molecule has 1 aliphatic heterocycles. The van der Waals surface area contributed by atoms with Gasteiger partial charge in [-0.3, -0.25) is 9.89 Å². The second kappa shape index (κ2) is 5.21. The molecule has 1 saturated heterocycles. The Morgan fingerprint density at radius 1 is 1.27 bits per heavy atom. The summed E-state index contributed by atoms with van der Waals surface area (Å²) in [7, 11) is 1.89. The Kier molecular flexibility index (Phi) is 3.31. The van der Waals surface area contributed by atoms with Gasteiger partial charge in [0.1, 0.15) is 5.69 Å². The third kappa shape index (κ3) is 2.27. The highest BCUT2D eigenvalue weighted by atomic mass is 79.9. The highest BCUT2D eigenvalue weighted by molar-refractivity contribution is 9.10. The molecule has 1 aromatic carbocycles. The largest absolute Gasteiger partial charge is 0.337 e. The van der Waals surface area contributed by atoms with Crippen LogP contribution in [0.1, 0.15) is 10.5 Å². The molecule has 0 radical (unpaired) electrons. The molecule has 1 unspecified atom stereocenters. The van der Waals surface area contributed by atoms with E-state index in [1.54, 1.807) is 0 Å². The van der Waals surface area contributed by atoms with Gasteiger partial charge in [-0.1, -0.05) is 28.1 Å². The molecule has 2 N–H and O–H groups in total. The van der Waals surface area contributed by atoms with Gasteiger partial charge in [0.25, 0.3) is 5.91 Å². The van der Waals surface area contributed by atoms with Crippen molar-refractivity contribution in [2.75, 3.05) is 20.1 Å². The molecular weight excluding hydrogens is 344 g/mol. The molecule has 1 saturated carbocycles. The SMILES string of the molecule is CN(C(=O)c1cc(-c2ccc(Br)cc2)n[nH]1)C1[C@H]2CNC[C@@H]12. The smallest absolute Gasteiger partial charge is 0.271 e. The number of halogens is 1. The van der Waals surface area contributed by atoms with Gasteiger partial charge in [-0.05, 0) is 30.0 Å². The van der Waals surface area contributed by atoms with E-state index in [4.69, 9.17) is 0 Å². The van der Waals surface area contributed by atoms with Gasteiger partial charge in [0.2, 0.25) is 0 Å². The van der Waals surface area contributed by atoms with Gasteiger partial charge in [-0.15, -0.1) is 0 Å². The quantitative estimate of drug-likeness (QED) is 0.881. The van der Waals surface area contributed by atoms with E-state index in [1.165, 1.54) is 0 Å². The van der Waals surface area contributed by atoms with E-state index in [1.807, 2.05) is 42.3 Å². The lowest BCUT2D eigenvalue weighted by Crippen LogP contribution is -2.34. The summed E-state index contributed by atoms with van der Waals surface area (Å²) in [5.41, 5.74) is 2.34. The van der Waals surface area contributed by atoms with Crippen molar-refractivity contribution in [1.82, 2.24) is 20.4 Å². The molecule has 2 heterocycles. The van der Waals surface area contributed by atoms with Crippen molar-refractivity contribution in [3.05, 3.63) is 40.5 Å². The fourth-order valence-corrected chi connectivity index (χ4v) is 3.75. The number of aromatic amines is 1. The number of nitrogens with zero attached hydrogens (tertiary/aromatic N) is 2. The van der Waals surface area contributed by atoms with Gasteiger partial charge in [0.15, 0.2) is 0 Å². The molecule has 3 atom stereocenters. The zero-order valence-corrected chi connectivity index (χ0v) is 13.8. The number of piperidine rings is 1. The van der Waals surface area contributed by atoms with Crippen LogP contribution in [0.4, 0.5) is 0 Å². The Hall–Kier alpha value is -1.66. The van der Waals surface area contributed by atoms with Crippen LogP contribution in [0.2, 0.25) is 0 Å². The summed E-state index contributed by atoms with van der Waals surface area (Å²) in [4.78, 5) is 14.5. The number of hydrogen-bond acceptors (Lipinski definition) is 3. The average Bonchev–Trinajstić information content (AvgIpc) is 2.93. The first-order valence-electron chi connectivity index (χ1n) is 7.44. The number of carbonyl (C=O) groups excluding carboxylic acids is 1. The van der Waals surface area contributed by atoms with E-state index >= 15 is 0 Å². The van der Waals surface area contributed by atoms with Gasteiger partial charge >= 0.3 is 0 Å². The predicted octanol–water partition coefficient (Wildman–Crippen LogP) is 2.13. The lowest BCUT2D eigenvalue weighted by molar-refractivity contribution is 0.0763. The molecule has 1 aromatic heterocycles. The predicted molar refractivity (Wildman–Crippen MR) is 87.5 cm³/mol. The summed E-state index contributed by atoms with van der Waals surface area (Å²) in [6.45, 7) is 2.06. The topological polar surface area (TPSA) is 61.0 Å². The molecule has 2 aliphatic rings. The summed E-state index contributed by atoms with van der Waals surface area (Å²) >= 11 is 3.42. The first-order valence-corrected chi connectivity index (χ1v) is 8.23. The van der Waals surface area contributed by atoms with Crippen molar-refractivity contribution < 1.29 is 4.79 Å². The zero-order valence-electron chi connectivity index (χ0n) is 12.2. The summed E-state index contributed by atoms with van der Waals surface area (Å²) in [5, 5.41) is 10.5. The van der Waals surface area contributed by atoms with Crippen LogP contribution in [0.3, 0.4) is 0 Å². The first kappa shape index (κ1) is 14.0. The molecule has 1 amide bonds. The molecule has 0 spiro atoms. The van der Waals surface area contributed by atoms with Gasteiger partial charge in [0.05, 0.1) is 5.69 Å². The molecule has 2 aromatic rings. The van der Waals surface area contributed by atoms with Crippen LogP contribution in [0, 0.1) is 11.8 Å². The number of hydrogen-bond donors (Lipinski definition) is 2. The molecule has 22 heavy (non-hydrogen) atoms. The highest BCUT2D eigenvalue weighted by Crippen LogP contribution is 2.45. The number of H-pyrrole nitrogens is 1. The van der Waals surface area contributed by atoms with Crippen LogP contribution in [-0.4, -0.2) is 47.2 Å². The van der Waals surface area contributed by atoms with Crippen LogP contribution < -0.4 is 5.32 Å². The number of carbonyl (C=O) groups is 1. The van der Waals surface area contributed by atoms with Crippen molar-refractivity contribution in [2.24, 2.45) is 11.8 Å². The van der Waals surface area contributed by atoms with Crippen LogP contribution in [0.5, 0.6) is 0 Å². The second-order valence-corrected chi connectivity index (χ2v) is 6.98. The lowest BCUT2D eigenvalue weighted by Gasteiger charge is -2.18. The third-order valence-electron chi connectivity index (χ3n) is 4.76. The average molecular weight is 361 g/mol. The molecule has 5 nitrogen and oxygen atoms in total. The van der Waals surface area contributed by atoms with E-state index in [9.17, 15) is 4.79 Å². The van der Waals surface area contributed by atoms with E-state index in [2.05, 4.69) is 31.4 Å². The van der Waals surface area contributed by atoms with Gasteiger partial charge < -0.3 is 10.2 Å². The minimum absolute atomic E-state index is 0.0234. The zero-order chi connectivity index (χ0) is 15.3. The summed E-state index contributed by atoms with van der Waals surface area (Å²) < 4.78 is 1.02. The number of nitrogens with one attached hydrogen (secondary N) is 2. The Labute approximate surface area is 137 Å². The van der Waals surface area contributed by atoms with Gasteiger partial charge in [0, 0.05) is 36.2 Å². The maximum absolute atomic E-state index is 12.6. The minimum Gasteiger partial charge on any atom is -0.337 e. The summed E-state index contributed by atoms with van der Waals surface area (Å²) in [5.74, 6) is 1.28. The number of rotatable bonds is 3. The summed E-state index contributed by atoms with van der Waals surface area (Å²) in [6, 6.07) is 10.1. The number of benzene rings is 1. The maximum atomic E-state index is 12.6. The first-order chi connectivity index (χ1) is 10.6. The van der Waals surface area contributed by atoms with Gasteiger partial charge in [-0.2, -0.15) is 5.10 Å². The van der Waals surface area contributed by atoms with Crippen molar-refractivity contribution >= 4 is 21.8 Å². The number of fused-ring (bicyclic) bond motifs is 1. The third-order valence-corrected chi connectivity index (χ3v) is 5.29. The monoisotopic (exact) mass is 360 g/mol. The Morgan fingerprint density at radius 2 is 1.95 bits per heavy atom. The molecular formula is C16H17BrN4O. The van der Waals surface area contributed by atoms with Gasteiger partial charge in [-0.25, -0.2) is 0 Å². The van der Waals surface area contributed by atoms with Crippen LogP contribution in [0.25, 0.3) is 11.3 Å². The number of aromatic nitrogens is 2. The van der Waals surface area contributed by atoms with E-state index in [0.717, 1.165) is 28.8 Å². The minimum atomic E-state index is 0.0234. The standard InChI is InChI=1S/C16H17BrN4O/c1-21(15-11-7-18-8-12(11)15)16(22)14-6-13(19-20-14)9-2-4-10(17)5-3-9/h2-6,11-12,15,18H,7-8H2,1H3,(H,19,20)/t11-,12+,15?. The Bertz CT molecular complexity index is 701. The highest BCUT2D eigenvalue weighted by Gasteiger charge is 2.56. The van der Waals surface area contributed by atoms with Crippen LogP contribution in [0.15, 0.2) is 34.8 Å². The van der Waals surface area contributed by atoms with Crippen molar-refractivity contribution in [2.45, 2.75) is 6.04 Å². The maximum Gasteiger partial charge on any atom is 0.271 e. The van der Waals surface area contributed by atoms with Crippen molar-refractivity contribution in [3.8, 4) is 11.3 Å². The lowest BCUT2D eigenvalue weighted by atomic mass is 10.1. The normalized spacial score (nSPS) is 25.8. The molecule has 0 bridgehead atoms. The fourth-order valence-electron chi connectivity index (χ4n) is 3.49. The fraction of sp³-hybridized carbons (Fsp3) is 0.375. The summed E-state index contributed by atoms with van der Waals surface area (Å²) in [6.07, 6.45) is 0. The van der Waals surface area contributed by atoms with E-state index in [0.29, 0.717) is 23.6 Å². The van der Waals surface area contributed by atoms with Crippen LogP contribution >= 0.6 is 15.9 Å². The molecule has 2 fully saturated rings. The molecule has 6 heteroatoms. The van der Waals surface area contributed by atoms with E-state index in [-0.39, 0.29) is 5.91 Å². The van der Waals surface area contributed by atoms with Crippen LogP contribution in [-0.2, 0) is 0 Å². The van der Waals surface area contributed by atoms with Crippen molar-refractivity contribution in [1.29, 1.82) is 0 Å². The van der Waals surface area contributed by atoms with E-state index < -0.39 is 0 Å². The second-order valence-electron chi connectivity index (χ2n) is 6.07.